The van der Waals surface area contributed by atoms with Crippen LogP contribution in [-0.4, -0.2) is 40.7 Å². The summed E-state index contributed by atoms with van der Waals surface area (Å²) in [5, 5.41) is 14.8. The van der Waals surface area contributed by atoms with E-state index in [1.807, 2.05) is 6.07 Å². The minimum Gasteiger partial charge on any atom is -0.352 e. The maximum atomic E-state index is 13.4. The normalized spacial score (nSPS) is 13.5. The molecule has 0 bridgehead atoms. The molecule has 1 aromatic carbocycles. The van der Waals surface area contributed by atoms with Crippen LogP contribution in [0.15, 0.2) is 48.5 Å². The molecule has 0 amide bonds. The molecule has 0 spiro atoms. The van der Waals surface area contributed by atoms with E-state index in [9.17, 15) is 17.2 Å². The van der Waals surface area contributed by atoms with E-state index in [-0.39, 0.29) is 22.7 Å². The molecule has 3 heterocycles. The van der Waals surface area contributed by atoms with Crippen LogP contribution in [0.1, 0.15) is 30.8 Å². The first-order valence-electron chi connectivity index (χ1n) is 10.9. The van der Waals surface area contributed by atoms with Crippen LogP contribution in [0.5, 0.6) is 0 Å². The molecule has 4 aromatic rings. The molecule has 13 heteroatoms. The molecule has 3 aromatic heterocycles. The summed E-state index contributed by atoms with van der Waals surface area (Å²) in [6, 6.07) is 15.1. The molecular formula is C23H20F2N8O2S. The van der Waals surface area contributed by atoms with Gasteiger partial charge in [-0.1, -0.05) is 18.2 Å². The Morgan fingerprint density at radius 3 is 2.56 bits per heavy atom. The Bertz CT molecular complexity index is 1600. The average molecular weight is 511 g/mol. The number of pyridine rings is 2. The first-order valence-corrected chi connectivity index (χ1v) is 12.4. The molecule has 1 saturated carbocycles. The van der Waals surface area contributed by atoms with Gasteiger partial charge in [-0.05, 0) is 37.1 Å². The highest BCUT2D eigenvalue weighted by molar-refractivity contribution is 7.93. The van der Waals surface area contributed by atoms with E-state index in [0.717, 1.165) is 0 Å². The molecule has 36 heavy (non-hydrogen) atoms. The first-order chi connectivity index (χ1) is 17.3. The van der Waals surface area contributed by atoms with Crippen molar-refractivity contribution in [2.75, 3.05) is 22.0 Å². The topological polar surface area (TPSA) is 140 Å². The van der Waals surface area contributed by atoms with Crippen molar-refractivity contribution in [1.29, 1.82) is 5.26 Å². The second kappa shape index (κ2) is 9.04. The number of sulfonamides is 1. The molecule has 5 rings (SSSR count). The number of benzene rings is 1. The summed E-state index contributed by atoms with van der Waals surface area (Å²) >= 11 is 0. The highest BCUT2D eigenvalue weighted by Gasteiger charge is 2.39. The predicted octanol–water partition coefficient (Wildman–Crippen LogP) is 4.58. The second-order valence-electron chi connectivity index (χ2n) is 8.17. The Kier molecular flexibility index (Phi) is 5.89. The fraction of sp³-hybridized carbons (Fsp3) is 0.217. The zero-order chi connectivity index (χ0) is 25.4. The zero-order valence-electron chi connectivity index (χ0n) is 18.9. The SMILES string of the molecule is CN(c1ccccc1Nc1cc(Nc2cccc(C#N)n2)nc2[nH]c(C(F)F)nc12)S(=O)(=O)C1CC1. The van der Waals surface area contributed by atoms with Crippen LogP contribution in [0.4, 0.5) is 37.5 Å². The Labute approximate surface area is 205 Å². The number of hydrogen-bond donors (Lipinski definition) is 3. The molecule has 10 nitrogen and oxygen atoms in total. The van der Waals surface area contributed by atoms with Gasteiger partial charge in [-0.2, -0.15) is 5.26 Å². The van der Waals surface area contributed by atoms with Crippen molar-refractivity contribution >= 4 is 49.9 Å². The van der Waals surface area contributed by atoms with Gasteiger partial charge in [0.25, 0.3) is 6.43 Å². The maximum absolute atomic E-state index is 13.4. The van der Waals surface area contributed by atoms with E-state index in [1.165, 1.54) is 11.4 Å². The van der Waals surface area contributed by atoms with Gasteiger partial charge in [-0.3, -0.25) is 4.31 Å². The minimum absolute atomic E-state index is 0.0886. The van der Waals surface area contributed by atoms with Gasteiger partial charge >= 0.3 is 0 Å². The summed E-state index contributed by atoms with van der Waals surface area (Å²) in [5.41, 5.74) is 1.58. The first kappa shape index (κ1) is 23.4. The van der Waals surface area contributed by atoms with Gasteiger partial charge in [0.15, 0.2) is 11.5 Å². The van der Waals surface area contributed by atoms with Crippen molar-refractivity contribution in [2.24, 2.45) is 0 Å². The average Bonchev–Trinajstić information content (AvgIpc) is 3.64. The van der Waals surface area contributed by atoms with Crippen LogP contribution >= 0.6 is 0 Å². The standard InChI is InChI=1S/C23H20F2N8O2S/c1-33(36(34,35)14-9-10-14)17-7-3-2-6-15(17)28-16-11-19(29-18-8-4-5-13(12-26)27-18)30-22-20(16)31-23(32-22)21(24)25/h2-8,11,14,21H,9-10H2,1H3,(H3,27,28,29,30,31,32). The van der Waals surface area contributed by atoms with Gasteiger partial charge in [0, 0.05) is 13.1 Å². The third-order valence-electron chi connectivity index (χ3n) is 5.64. The van der Waals surface area contributed by atoms with Crippen LogP contribution in [0.25, 0.3) is 11.2 Å². The number of imidazole rings is 1. The summed E-state index contributed by atoms with van der Waals surface area (Å²) in [6.07, 6.45) is -1.61. The molecular weight excluding hydrogens is 490 g/mol. The van der Waals surface area contributed by atoms with E-state index in [0.29, 0.717) is 35.7 Å². The number of nitrogens with one attached hydrogen (secondary N) is 3. The van der Waals surface area contributed by atoms with Crippen LogP contribution in [0.2, 0.25) is 0 Å². The van der Waals surface area contributed by atoms with Gasteiger partial charge in [-0.25, -0.2) is 32.2 Å². The molecule has 0 radical (unpaired) electrons. The number of H-pyrrole nitrogens is 1. The number of fused-ring (bicyclic) bond motifs is 1. The lowest BCUT2D eigenvalue weighted by molar-refractivity contribution is 0.142. The monoisotopic (exact) mass is 510 g/mol. The number of halogens is 2. The number of alkyl halides is 2. The summed E-state index contributed by atoms with van der Waals surface area (Å²) in [7, 11) is -2.04. The molecule has 0 atom stereocenters. The van der Waals surface area contributed by atoms with Gasteiger partial charge in [0.1, 0.15) is 28.9 Å². The van der Waals surface area contributed by atoms with Gasteiger partial charge in [0.05, 0.1) is 22.3 Å². The number of hydrogen-bond acceptors (Lipinski definition) is 8. The Hall–Kier alpha value is -4.31. The lowest BCUT2D eigenvalue weighted by Crippen LogP contribution is -2.30. The highest BCUT2D eigenvalue weighted by atomic mass is 32.2. The molecule has 1 aliphatic rings. The number of aromatic nitrogens is 4. The Morgan fingerprint density at radius 1 is 1.06 bits per heavy atom. The van der Waals surface area contributed by atoms with Crippen LogP contribution in [0.3, 0.4) is 0 Å². The largest absolute Gasteiger partial charge is 0.352 e. The molecule has 3 N–H and O–H groups in total. The second-order valence-corrected chi connectivity index (χ2v) is 10.4. The van der Waals surface area contributed by atoms with Crippen molar-refractivity contribution in [2.45, 2.75) is 24.5 Å². The van der Waals surface area contributed by atoms with Crippen molar-refractivity contribution in [1.82, 2.24) is 19.9 Å². The Balaban J connectivity index is 1.57. The van der Waals surface area contributed by atoms with Crippen molar-refractivity contribution in [3.63, 3.8) is 0 Å². The molecule has 184 valence electrons. The van der Waals surface area contributed by atoms with Crippen molar-refractivity contribution in [3.05, 3.63) is 60.0 Å². The van der Waals surface area contributed by atoms with Crippen LogP contribution < -0.4 is 14.9 Å². The number of nitrogens with zero attached hydrogens (tertiary/aromatic N) is 5. The number of rotatable bonds is 8. The van der Waals surface area contributed by atoms with E-state index in [1.54, 1.807) is 48.5 Å². The maximum Gasteiger partial charge on any atom is 0.295 e. The van der Waals surface area contributed by atoms with Crippen LogP contribution in [-0.2, 0) is 10.0 Å². The molecule has 1 fully saturated rings. The molecule has 0 saturated heterocycles. The summed E-state index contributed by atoms with van der Waals surface area (Å²) in [6.45, 7) is 0. The summed E-state index contributed by atoms with van der Waals surface area (Å²) in [4.78, 5) is 15.0. The highest BCUT2D eigenvalue weighted by Crippen LogP contribution is 2.38. The van der Waals surface area contributed by atoms with E-state index in [2.05, 4.69) is 30.6 Å². The van der Waals surface area contributed by atoms with Crippen molar-refractivity contribution in [3.8, 4) is 6.07 Å². The zero-order valence-corrected chi connectivity index (χ0v) is 19.7. The fourth-order valence-corrected chi connectivity index (χ4v) is 5.31. The summed E-state index contributed by atoms with van der Waals surface area (Å²) < 4.78 is 53.7. The lowest BCUT2D eigenvalue weighted by Gasteiger charge is -2.23. The quantitative estimate of drug-likeness (QED) is 0.313. The van der Waals surface area contributed by atoms with Gasteiger partial charge in [-0.15, -0.1) is 0 Å². The molecule has 0 unspecified atom stereocenters. The number of anilines is 5. The Morgan fingerprint density at radius 2 is 1.83 bits per heavy atom. The van der Waals surface area contributed by atoms with Gasteiger partial charge in [0.2, 0.25) is 10.0 Å². The third-order valence-corrected chi connectivity index (χ3v) is 7.91. The smallest absolute Gasteiger partial charge is 0.295 e. The number of para-hydroxylation sites is 2. The number of aromatic amines is 1. The van der Waals surface area contributed by atoms with Crippen LogP contribution in [0, 0.1) is 11.3 Å². The number of nitriles is 1. The van der Waals surface area contributed by atoms with E-state index in [4.69, 9.17) is 5.26 Å². The molecule has 0 aliphatic heterocycles. The van der Waals surface area contributed by atoms with E-state index >= 15 is 0 Å². The lowest BCUT2D eigenvalue weighted by atomic mass is 10.2. The van der Waals surface area contributed by atoms with Crippen molar-refractivity contribution < 1.29 is 17.2 Å². The molecule has 1 aliphatic carbocycles. The third kappa shape index (κ3) is 4.50. The van der Waals surface area contributed by atoms with Gasteiger partial charge < -0.3 is 15.6 Å². The van der Waals surface area contributed by atoms with E-state index < -0.39 is 27.5 Å². The summed E-state index contributed by atoms with van der Waals surface area (Å²) in [5.74, 6) is 0.0219. The fourth-order valence-electron chi connectivity index (χ4n) is 3.69. The minimum atomic E-state index is -3.53. The predicted molar refractivity (Wildman–Crippen MR) is 131 cm³/mol.